The molecule has 1 spiro atoms. The van der Waals surface area contributed by atoms with Crippen LogP contribution in [0, 0.1) is 33.5 Å². The number of primary amides is 1. The second kappa shape index (κ2) is 14.3. The minimum absolute atomic E-state index is 0. The number of aliphatic hydroxyl groups excluding tert-OH is 1. The number of likely N-dealkylation sites (tertiary alicyclic amines) is 3. The number of piperidine rings is 1. The molecule has 8 rings (SSSR count). The van der Waals surface area contributed by atoms with Crippen molar-refractivity contribution in [1.29, 1.82) is 0 Å². The third kappa shape index (κ3) is 8.07. The summed E-state index contributed by atoms with van der Waals surface area (Å²) >= 11 is 1.29. The molecule has 2 atom stereocenters. The number of carbonyl (C=O) groups is 4. The van der Waals surface area contributed by atoms with Crippen LogP contribution >= 0.6 is 11.3 Å². The zero-order chi connectivity index (χ0) is 34.9. The van der Waals surface area contributed by atoms with Gasteiger partial charge in [0.1, 0.15) is 4.88 Å². The normalized spacial score (nSPS) is 30.4. The first-order valence-corrected chi connectivity index (χ1v) is 18.8. The molecular weight excluding hydrogens is 630 g/mol. The van der Waals surface area contributed by atoms with Gasteiger partial charge in [-0.3, -0.25) is 24.2 Å². The number of aromatic nitrogens is 1. The minimum atomic E-state index is -0.402. The number of hydrogen-bond acceptors (Lipinski definition) is 8. The van der Waals surface area contributed by atoms with Crippen molar-refractivity contribution >= 4 is 35.0 Å². The van der Waals surface area contributed by atoms with Crippen LogP contribution in [0.25, 0.3) is 0 Å². The smallest absolute Gasteiger partial charge is 0.265 e. The van der Waals surface area contributed by atoms with Gasteiger partial charge >= 0.3 is 0 Å². The quantitative estimate of drug-likeness (QED) is 0.456. The Morgan fingerprint density at radius 3 is 2.08 bits per heavy atom. The summed E-state index contributed by atoms with van der Waals surface area (Å²) in [5.74, 6) is -0.296. The van der Waals surface area contributed by atoms with Gasteiger partial charge in [-0.05, 0) is 62.2 Å². The molecule has 0 radical (unpaired) electrons. The molecule has 2 bridgehead atoms. The zero-order valence-corrected chi connectivity index (χ0v) is 30.5. The summed E-state index contributed by atoms with van der Waals surface area (Å²) in [6, 6.07) is 0. The molecule has 5 aliphatic heterocycles. The maximum absolute atomic E-state index is 12.6. The number of hydrogen-bond donors (Lipinski definition) is 2. The van der Waals surface area contributed by atoms with Crippen molar-refractivity contribution in [2.24, 2.45) is 39.2 Å². The summed E-state index contributed by atoms with van der Waals surface area (Å²) in [5, 5.41) is 9.09. The largest absolute Gasteiger partial charge is 0.396 e. The summed E-state index contributed by atoms with van der Waals surface area (Å²) in [4.78, 5) is 58.7. The monoisotopic (exact) mass is 689 g/mol. The zero-order valence-electron chi connectivity index (χ0n) is 29.7. The van der Waals surface area contributed by atoms with Crippen LogP contribution in [0.2, 0.25) is 0 Å². The van der Waals surface area contributed by atoms with E-state index < -0.39 is 11.8 Å². The summed E-state index contributed by atoms with van der Waals surface area (Å²) in [6.45, 7) is 15.7. The van der Waals surface area contributed by atoms with Gasteiger partial charge in [-0.2, -0.15) is 0 Å². The van der Waals surface area contributed by atoms with Gasteiger partial charge in [-0.15, -0.1) is 11.3 Å². The number of nitrogens with two attached hydrogens (primary N) is 1. The van der Waals surface area contributed by atoms with E-state index in [0.717, 1.165) is 51.8 Å². The molecule has 5 saturated heterocycles. The molecule has 2 saturated carbocycles. The van der Waals surface area contributed by atoms with E-state index in [9.17, 15) is 19.2 Å². The fraction of sp³-hybridized carbons (Fsp3) is 0.806. The lowest BCUT2D eigenvalue weighted by molar-refractivity contribution is -0.150. The number of fused-ring (bicyclic) bond motifs is 3. The maximum Gasteiger partial charge on any atom is 0.265 e. The van der Waals surface area contributed by atoms with Gasteiger partial charge in [-0.25, -0.2) is 0 Å². The van der Waals surface area contributed by atoms with Gasteiger partial charge < -0.3 is 30.3 Å². The Morgan fingerprint density at radius 1 is 1.00 bits per heavy atom. The van der Waals surface area contributed by atoms with Gasteiger partial charge in [0.05, 0.1) is 36.9 Å². The van der Waals surface area contributed by atoms with Crippen LogP contribution in [0.3, 0.4) is 0 Å². The van der Waals surface area contributed by atoms with Crippen molar-refractivity contribution in [3.8, 4) is 0 Å². The molecule has 0 aromatic carbocycles. The van der Waals surface area contributed by atoms with Crippen LogP contribution in [-0.4, -0.2) is 107 Å². The third-order valence-electron chi connectivity index (χ3n) is 11.9. The van der Waals surface area contributed by atoms with E-state index >= 15 is 0 Å². The second-order valence-corrected chi connectivity index (χ2v) is 17.7. The van der Waals surface area contributed by atoms with Crippen LogP contribution in [0.1, 0.15) is 104 Å². The Labute approximate surface area is 291 Å². The molecule has 6 heterocycles. The molecule has 0 unspecified atom stereocenters. The standard InChI is InChI=1S/C17H22N4O3S.C11H21NO.C8H14O2.H2/c1-16(2)3-10(16)14(23)21-7-17(8-21)6-20(5-11(17)13(18)22)15(24)12-4-19-9-25-12;1-4-5-10(13)12-8-6-11(2,3)7-9-12;9-5-8-3-1-7(2-4-8)10-6-8;/h4,9-11H,3,5-8H2,1-2H3,(H2,18,22);4-9H2,1-3H3;7,9H,1-6H2;1H/t10-,11+;;;/m1.../s1. The highest BCUT2D eigenvalue weighted by molar-refractivity contribution is 7.11. The molecule has 48 heavy (non-hydrogen) atoms. The van der Waals surface area contributed by atoms with Crippen LogP contribution in [0.15, 0.2) is 11.7 Å². The van der Waals surface area contributed by atoms with Gasteiger partial charge in [0.2, 0.25) is 17.7 Å². The fourth-order valence-electron chi connectivity index (χ4n) is 8.04. The molecule has 7 fully saturated rings. The Balaban J connectivity index is 0.000000188. The van der Waals surface area contributed by atoms with E-state index in [1.165, 1.54) is 37.0 Å². The van der Waals surface area contributed by atoms with Crippen molar-refractivity contribution in [2.45, 2.75) is 98.5 Å². The highest BCUT2D eigenvalue weighted by atomic mass is 32.1. The number of thiazole rings is 1. The van der Waals surface area contributed by atoms with Crippen molar-refractivity contribution in [3.63, 3.8) is 0 Å². The molecule has 12 heteroatoms. The predicted octanol–water partition coefficient (Wildman–Crippen LogP) is 4.19. The van der Waals surface area contributed by atoms with E-state index in [4.69, 9.17) is 15.6 Å². The molecule has 1 aromatic rings. The van der Waals surface area contributed by atoms with Crippen molar-refractivity contribution in [3.05, 3.63) is 16.6 Å². The summed E-state index contributed by atoms with van der Waals surface area (Å²) in [5.41, 5.74) is 7.54. The molecule has 3 N–H and O–H groups in total. The predicted molar refractivity (Wildman–Crippen MR) is 186 cm³/mol. The summed E-state index contributed by atoms with van der Waals surface area (Å²) < 4.78 is 5.51. The van der Waals surface area contributed by atoms with E-state index in [2.05, 4.69) is 39.6 Å². The van der Waals surface area contributed by atoms with Crippen LogP contribution in [-0.2, 0) is 19.1 Å². The summed E-state index contributed by atoms with van der Waals surface area (Å²) in [6.07, 6.45) is 11.7. The lowest BCUT2D eigenvalue weighted by Crippen LogP contribution is -2.64. The molecule has 11 nitrogen and oxygen atoms in total. The Bertz CT molecular complexity index is 1300. The molecule has 4 amide bonds. The van der Waals surface area contributed by atoms with Crippen molar-refractivity contribution < 1.29 is 30.4 Å². The molecule has 1 aromatic heterocycles. The van der Waals surface area contributed by atoms with Gasteiger partial charge in [0, 0.05) is 63.9 Å². The van der Waals surface area contributed by atoms with Crippen LogP contribution in [0.4, 0.5) is 0 Å². The Hall–Kier alpha value is -2.57. The molecule has 7 aliphatic rings. The van der Waals surface area contributed by atoms with Gasteiger partial charge in [0.15, 0.2) is 0 Å². The minimum Gasteiger partial charge on any atom is -0.396 e. The SMILES string of the molecule is CC1(C)C[C@@H]1C(=O)N1CC2(CN(C(=O)c3cncs3)C[C@H]2C(N)=O)C1.CCCC(=O)N1CCC(C)(C)CC1.OCC12CCC(CC1)OC2.[HH]. The van der Waals surface area contributed by atoms with E-state index in [-0.39, 0.29) is 35.4 Å². The third-order valence-corrected chi connectivity index (χ3v) is 12.7. The average Bonchev–Trinajstić information content (AvgIpc) is 3.41. The second-order valence-electron chi connectivity index (χ2n) is 16.8. The lowest BCUT2D eigenvalue weighted by atomic mass is 9.71. The van der Waals surface area contributed by atoms with Crippen LogP contribution in [0.5, 0.6) is 0 Å². The maximum atomic E-state index is 12.6. The molecular formula is C36H59N5O6S. The highest BCUT2D eigenvalue weighted by Gasteiger charge is 2.61. The number of amides is 4. The Morgan fingerprint density at radius 2 is 1.62 bits per heavy atom. The highest BCUT2D eigenvalue weighted by Crippen LogP contribution is 2.54. The van der Waals surface area contributed by atoms with Gasteiger partial charge in [-0.1, -0.05) is 34.6 Å². The average molecular weight is 690 g/mol. The van der Waals surface area contributed by atoms with E-state index in [0.29, 0.717) is 55.1 Å². The number of rotatable bonds is 6. The lowest BCUT2D eigenvalue weighted by Gasteiger charge is -2.50. The van der Waals surface area contributed by atoms with Crippen molar-refractivity contribution in [1.82, 2.24) is 19.7 Å². The number of nitrogens with zero attached hydrogens (tertiary/aromatic N) is 4. The fourth-order valence-corrected chi connectivity index (χ4v) is 8.63. The van der Waals surface area contributed by atoms with Gasteiger partial charge in [0.25, 0.3) is 5.91 Å². The first-order valence-electron chi connectivity index (χ1n) is 17.9. The first-order chi connectivity index (χ1) is 22.6. The van der Waals surface area contributed by atoms with Crippen LogP contribution < -0.4 is 5.73 Å². The number of ether oxygens (including phenoxy) is 1. The molecule has 270 valence electrons. The summed E-state index contributed by atoms with van der Waals surface area (Å²) in [7, 11) is 0. The topological polar surface area (TPSA) is 146 Å². The van der Waals surface area contributed by atoms with Crippen molar-refractivity contribution in [2.75, 3.05) is 52.5 Å². The van der Waals surface area contributed by atoms with E-state index in [1.54, 1.807) is 16.6 Å². The Kier molecular flexibility index (Phi) is 11.0. The van der Waals surface area contributed by atoms with E-state index in [1.807, 2.05) is 9.80 Å². The first kappa shape index (κ1) is 36.7. The number of aliphatic hydroxyl groups is 1. The number of carbonyl (C=O) groups excluding carboxylic acids is 4. The molecule has 2 aliphatic carbocycles.